The van der Waals surface area contributed by atoms with Crippen LogP contribution in [0, 0.1) is 12.7 Å². The molecule has 0 saturated heterocycles. The van der Waals surface area contributed by atoms with Gasteiger partial charge in [-0.3, -0.25) is 4.79 Å². The fraction of sp³-hybridized carbons (Fsp3) is 0.133. The average Bonchev–Trinajstić information content (AvgIpc) is 2.36. The molecule has 0 saturated carbocycles. The van der Waals surface area contributed by atoms with Gasteiger partial charge in [0.2, 0.25) is 0 Å². The van der Waals surface area contributed by atoms with Gasteiger partial charge in [-0.05, 0) is 48.4 Å². The Bertz CT molecular complexity index is 640. The summed E-state index contributed by atoms with van der Waals surface area (Å²) >= 11 is 9.16. The highest BCUT2D eigenvalue weighted by atomic mass is 79.9. The van der Waals surface area contributed by atoms with Gasteiger partial charge in [0.15, 0.2) is 5.78 Å². The summed E-state index contributed by atoms with van der Waals surface area (Å²) in [4.78, 5) is 12.2. The third kappa shape index (κ3) is 3.43. The Morgan fingerprint density at radius 3 is 2.74 bits per heavy atom. The van der Waals surface area contributed by atoms with E-state index in [4.69, 9.17) is 11.6 Å². The van der Waals surface area contributed by atoms with Gasteiger partial charge < -0.3 is 0 Å². The predicted molar refractivity (Wildman–Crippen MR) is 78.3 cm³/mol. The van der Waals surface area contributed by atoms with Crippen molar-refractivity contribution in [1.82, 2.24) is 0 Å². The predicted octanol–water partition coefficient (Wildman–Crippen LogP) is 4.98. The number of benzene rings is 2. The monoisotopic (exact) mass is 340 g/mol. The van der Waals surface area contributed by atoms with Crippen LogP contribution in [0.15, 0.2) is 40.9 Å². The molecule has 0 aliphatic heterocycles. The zero-order chi connectivity index (χ0) is 14.0. The van der Waals surface area contributed by atoms with Gasteiger partial charge in [0.1, 0.15) is 5.82 Å². The molecular weight excluding hydrogens is 331 g/mol. The maximum atomic E-state index is 13.6. The molecule has 0 heterocycles. The molecule has 0 radical (unpaired) electrons. The summed E-state index contributed by atoms with van der Waals surface area (Å²) in [6.45, 7) is 1.83. The summed E-state index contributed by atoms with van der Waals surface area (Å²) in [7, 11) is 0. The Hall–Kier alpha value is -1.19. The first-order valence-electron chi connectivity index (χ1n) is 5.70. The zero-order valence-corrected chi connectivity index (χ0v) is 12.6. The molecule has 2 rings (SSSR count). The molecule has 2 aromatic carbocycles. The number of aryl methyl sites for hydroxylation is 1. The lowest BCUT2D eigenvalue weighted by molar-refractivity contribution is 0.0991. The molecular formula is C15H11BrClFO. The molecule has 0 aliphatic rings. The van der Waals surface area contributed by atoms with Gasteiger partial charge in [-0.25, -0.2) is 4.39 Å². The van der Waals surface area contributed by atoms with E-state index in [1.807, 2.05) is 6.92 Å². The highest BCUT2D eigenvalue weighted by Gasteiger charge is 2.13. The van der Waals surface area contributed by atoms with Gasteiger partial charge in [-0.15, -0.1) is 0 Å². The standard InChI is InChI=1S/C15H11BrClFO/c1-9-2-4-12(17)8-13(9)15(19)7-10-6-11(16)3-5-14(10)18/h2-6,8H,7H2,1H3. The van der Waals surface area contributed by atoms with E-state index < -0.39 is 0 Å². The summed E-state index contributed by atoms with van der Waals surface area (Å²) in [5.41, 5.74) is 1.75. The van der Waals surface area contributed by atoms with Crippen LogP contribution in [-0.4, -0.2) is 5.78 Å². The smallest absolute Gasteiger partial charge is 0.167 e. The molecule has 19 heavy (non-hydrogen) atoms. The van der Waals surface area contributed by atoms with Gasteiger partial charge in [0.05, 0.1) is 0 Å². The summed E-state index contributed by atoms with van der Waals surface area (Å²) in [5, 5.41) is 0.503. The number of ketones is 1. The Kier molecular flexibility index (Phi) is 4.38. The van der Waals surface area contributed by atoms with E-state index in [0.29, 0.717) is 16.1 Å². The number of rotatable bonds is 3. The molecule has 0 aliphatic carbocycles. The van der Waals surface area contributed by atoms with Crippen LogP contribution in [0.4, 0.5) is 4.39 Å². The number of Topliss-reactive ketones (excluding diaryl/α,β-unsaturated/α-hetero) is 1. The van der Waals surface area contributed by atoms with Gasteiger partial charge in [0, 0.05) is 21.5 Å². The lowest BCUT2D eigenvalue weighted by atomic mass is 9.99. The largest absolute Gasteiger partial charge is 0.294 e. The molecule has 1 nitrogen and oxygen atoms in total. The van der Waals surface area contributed by atoms with Crippen molar-refractivity contribution in [3.63, 3.8) is 0 Å². The number of halogens is 3. The Balaban J connectivity index is 2.30. The minimum atomic E-state index is -0.378. The number of carbonyl (C=O) groups is 1. The fourth-order valence-corrected chi connectivity index (χ4v) is 2.42. The third-order valence-electron chi connectivity index (χ3n) is 2.86. The Morgan fingerprint density at radius 2 is 2.00 bits per heavy atom. The van der Waals surface area contributed by atoms with Crippen molar-refractivity contribution in [3.8, 4) is 0 Å². The number of hydrogen-bond donors (Lipinski definition) is 0. The van der Waals surface area contributed by atoms with E-state index in [9.17, 15) is 9.18 Å². The SMILES string of the molecule is Cc1ccc(Cl)cc1C(=O)Cc1cc(Br)ccc1F. The van der Waals surface area contributed by atoms with Crippen molar-refractivity contribution in [3.05, 3.63) is 68.4 Å². The van der Waals surface area contributed by atoms with Crippen LogP contribution >= 0.6 is 27.5 Å². The quantitative estimate of drug-likeness (QED) is 0.720. The summed E-state index contributed by atoms with van der Waals surface area (Å²) in [5.74, 6) is -0.520. The molecule has 0 bridgehead atoms. The lowest BCUT2D eigenvalue weighted by Crippen LogP contribution is -2.07. The maximum Gasteiger partial charge on any atom is 0.167 e. The van der Waals surface area contributed by atoms with Crippen LogP contribution < -0.4 is 0 Å². The Labute approximate surface area is 124 Å². The van der Waals surface area contributed by atoms with Crippen molar-refractivity contribution in [2.45, 2.75) is 13.3 Å². The van der Waals surface area contributed by atoms with Crippen LogP contribution in [0.3, 0.4) is 0 Å². The first-order chi connectivity index (χ1) is 8.97. The lowest BCUT2D eigenvalue weighted by Gasteiger charge is -2.07. The molecule has 0 unspecified atom stereocenters. The molecule has 0 spiro atoms. The number of carbonyl (C=O) groups excluding carboxylic acids is 1. The van der Waals surface area contributed by atoms with Crippen LogP contribution in [0.2, 0.25) is 5.02 Å². The molecule has 0 atom stereocenters. The topological polar surface area (TPSA) is 17.1 Å². The summed E-state index contributed by atoms with van der Waals surface area (Å²) in [6, 6.07) is 9.70. The molecule has 98 valence electrons. The minimum Gasteiger partial charge on any atom is -0.294 e. The van der Waals surface area contributed by atoms with E-state index in [1.165, 1.54) is 6.07 Å². The molecule has 0 N–H and O–H groups in total. The first-order valence-corrected chi connectivity index (χ1v) is 6.88. The molecule has 4 heteroatoms. The van der Waals surface area contributed by atoms with Gasteiger partial charge in [-0.1, -0.05) is 33.6 Å². The van der Waals surface area contributed by atoms with Crippen LogP contribution in [-0.2, 0) is 6.42 Å². The van der Waals surface area contributed by atoms with E-state index in [-0.39, 0.29) is 18.0 Å². The van der Waals surface area contributed by atoms with Gasteiger partial charge >= 0.3 is 0 Å². The van der Waals surface area contributed by atoms with Gasteiger partial charge in [-0.2, -0.15) is 0 Å². The van der Waals surface area contributed by atoms with Crippen molar-refractivity contribution in [2.75, 3.05) is 0 Å². The second-order valence-corrected chi connectivity index (χ2v) is 5.65. The minimum absolute atomic E-state index is 0.0203. The van der Waals surface area contributed by atoms with Crippen molar-refractivity contribution >= 4 is 33.3 Å². The van der Waals surface area contributed by atoms with Crippen molar-refractivity contribution in [2.24, 2.45) is 0 Å². The molecule has 0 amide bonds. The summed E-state index contributed by atoms with van der Waals surface area (Å²) in [6.07, 6.45) is 0.0203. The van der Waals surface area contributed by atoms with E-state index in [2.05, 4.69) is 15.9 Å². The second-order valence-electron chi connectivity index (χ2n) is 4.29. The van der Waals surface area contributed by atoms with Crippen LogP contribution in [0.25, 0.3) is 0 Å². The number of hydrogen-bond acceptors (Lipinski definition) is 1. The molecule has 0 fully saturated rings. The van der Waals surface area contributed by atoms with E-state index >= 15 is 0 Å². The summed E-state index contributed by atoms with van der Waals surface area (Å²) < 4.78 is 14.4. The average molecular weight is 342 g/mol. The fourth-order valence-electron chi connectivity index (χ4n) is 1.84. The first kappa shape index (κ1) is 14.2. The second kappa shape index (κ2) is 5.85. The van der Waals surface area contributed by atoms with Gasteiger partial charge in [0.25, 0.3) is 0 Å². The van der Waals surface area contributed by atoms with Crippen molar-refractivity contribution in [1.29, 1.82) is 0 Å². The Morgan fingerprint density at radius 1 is 1.26 bits per heavy atom. The van der Waals surface area contributed by atoms with Crippen LogP contribution in [0.1, 0.15) is 21.5 Å². The van der Waals surface area contributed by atoms with Crippen molar-refractivity contribution < 1.29 is 9.18 Å². The molecule has 2 aromatic rings. The highest BCUT2D eigenvalue weighted by molar-refractivity contribution is 9.10. The van der Waals surface area contributed by atoms with E-state index in [0.717, 1.165) is 10.0 Å². The zero-order valence-electron chi connectivity index (χ0n) is 10.2. The van der Waals surface area contributed by atoms with E-state index in [1.54, 1.807) is 30.3 Å². The highest BCUT2D eigenvalue weighted by Crippen LogP contribution is 2.20. The molecule has 0 aromatic heterocycles. The third-order valence-corrected chi connectivity index (χ3v) is 3.59. The normalized spacial score (nSPS) is 10.5. The van der Waals surface area contributed by atoms with Crippen LogP contribution in [0.5, 0.6) is 0 Å². The maximum absolute atomic E-state index is 13.6.